The molecule has 44 heteroatoms. The summed E-state index contributed by atoms with van der Waals surface area (Å²) in [7, 11) is -20.7. The minimum Gasteiger partial charge on any atom is -0.387 e. The van der Waals surface area contributed by atoms with Gasteiger partial charge in [-0.25, -0.2) is 42.0 Å². The molecule has 8 rings (SSSR count). The zero-order valence-electron chi connectivity index (χ0n) is 39.8. The highest BCUT2D eigenvalue weighted by molar-refractivity contribution is 7.48. The molecule has 13 N–H and O–H groups in total. The number of aliphatic hydroxyl groups excluding tert-OH is 5. The van der Waals surface area contributed by atoms with E-state index in [0.717, 1.165) is 49.1 Å². The van der Waals surface area contributed by atoms with Crippen LogP contribution in [0.2, 0.25) is 0 Å². The SMILES string of the molecule is Nc1ccn([C@@H]2O[C@H](COP(=O)(O)O[C@H]3[C@@H](O)[C@H](n4ccc(=O)[nH]c4=O)O[C@@H]3COP(=O)(O)O[C@H]3[C@@H](O)[C@H](n4ccc(=O)[nH]c4=O)O[C@@H]3COP(=O)=O)[C@@H](OP(=O)(O)OC[C@H]3O[C@@H](n4ccc(=O)[nH]c4=O)[C@H](O)[C@@H]3O)[C@H]2O)c(=O)n1. The second-order valence-corrected chi connectivity index (χ2v) is 22.3. The van der Waals surface area contributed by atoms with Crippen LogP contribution < -0.4 is 45.2 Å². The first-order valence-corrected chi connectivity index (χ1v) is 28.2. The van der Waals surface area contributed by atoms with E-state index in [9.17, 15) is 96.6 Å². The summed E-state index contributed by atoms with van der Waals surface area (Å²) in [5.74, 6) is -0.314. The number of nitrogens with zero attached hydrogens (tertiary/aromatic N) is 5. The van der Waals surface area contributed by atoms with Gasteiger partial charge in [0.25, 0.3) is 16.7 Å². The Hall–Kier alpha value is -5.45. The number of hydrogen-bond acceptors (Lipinski definition) is 30. The molecule has 4 fully saturated rings. The lowest BCUT2D eigenvalue weighted by Gasteiger charge is -2.26. The Bertz CT molecular complexity index is 3580. The van der Waals surface area contributed by atoms with Gasteiger partial charge >= 0.3 is 54.1 Å². The molecule has 0 saturated carbocycles. The van der Waals surface area contributed by atoms with E-state index >= 15 is 0 Å². The molecule has 4 aliphatic heterocycles. The molecule has 0 radical (unpaired) electrons. The van der Waals surface area contributed by atoms with Crippen molar-refractivity contribution in [3.8, 4) is 0 Å². The molecule has 0 bridgehead atoms. The largest absolute Gasteiger partial charge is 0.472 e. The summed E-state index contributed by atoms with van der Waals surface area (Å²) in [6, 6.07) is 3.55. The van der Waals surface area contributed by atoms with Crippen LogP contribution in [-0.2, 0) is 73.4 Å². The van der Waals surface area contributed by atoms with Crippen LogP contribution in [0.15, 0.2) is 82.6 Å². The predicted octanol–water partition coefficient (Wildman–Crippen LogP) is -6.52. The standard InChI is InChI=1S/C36H45N9O31P4/c37-17-1-5-42(33(54)38-17)30-24(52)27(75-78(60,61)67-10-13-21(49)22(50)29(70-13)43-6-2-18(46)39-34(43)55)15(72-30)11-69-80(64,65)76-28-16(73-32(25(28)53)45-8-4-20(48)41-36(45)57)12-68-79(62,63)74-26-14(9-66-77(58)59)71-31(23(26)51)44-7-3-19(47)40-35(44)56/h1-8,13-16,21-32,49-53H,9-12H2,(H,60,61)(H,62,63)(H,64,65)(H2,37,38,54)(H,39,46,55)(H,40,47,56)(H,41,48,57)/t13-,14-,15-,16-,21-,22-,23-,24-,25-,26-,27-,28-,29-,30-,31-,32-/m1/s1. The fourth-order valence-electron chi connectivity index (χ4n) is 8.43. The van der Waals surface area contributed by atoms with Crippen LogP contribution in [0.25, 0.3) is 0 Å². The number of anilines is 1. The first-order valence-electron chi connectivity index (χ1n) is 22.6. The zero-order chi connectivity index (χ0) is 58.3. The van der Waals surface area contributed by atoms with Crippen molar-refractivity contribution >= 4 is 37.2 Å². The maximum atomic E-state index is 13.8. The van der Waals surface area contributed by atoms with Crippen molar-refractivity contribution < 1.29 is 114 Å². The van der Waals surface area contributed by atoms with Gasteiger partial charge in [0.2, 0.25) is 0 Å². The van der Waals surface area contributed by atoms with Crippen LogP contribution in [0.4, 0.5) is 5.82 Å². The van der Waals surface area contributed by atoms with Gasteiger partial charge in [-0.05, 0) is 6.07 Å². The minimum absolute atomic E-state index is 0.314. The highest BCUT2D eigenvalue weighted by atomic mass is 31.2. The Morgan fingerprint density at radius 2 is 0.825 bits per heavy atom. The highest BCUT2D eigenvalue weighted by Gasteiger charge is 2.55. The topological polar surface area (TPSA) is 574 Å². The van der Waals surface area contributed by atoms with E-state index in [2.05, 4.69) is 9.51 Å². The number of aromatic nitrogens is 8. The third-order valence-corrected chi connectivity index (χ3v) is 15.4. The Labute approximate surface area is 440 Å². The minimum atomic E-state index is -5.81. The van der Waals surface area contributed by atoms with E-state index in [4.69, 9.17) is 51.8 Å². The molecule has 4 aliphatic rings. The Morgan fingerprint density at radius 3 is 1.19 bits per heavy atom. The Balaban J connectivity index is 0.992. The van der Waals surface area contributed by atoms with Crippen LogP contribution in [0.3, 0.4) is 0 Å². The molecule has 40 nitrogen and oxygen atoms in total. The maximum Gasteiger partial charge on any atom is 0.472 e. The molecule has 440 valence electrons. The summed E-state index contributed by atoms with van der Waals surface area (Å²) in [5, 5.41) is 55.2. The van der Waals surface area contributed by atoms with Crippen LogP contribution in [0.1, 0.15) is 24.9 Å². The number of nitrogens with two attached hydrogens (primary N) is 1. The normalized spacial score (nSPS) is 32.8. The van der Waals surface area contributed by atoms with E-state index in [1.807, 2.05) is 15.0 Å². The van der Waals surface area contributed by atoms with Crippen LogP contribution in [0.5, 0.6) is 0 Å². The van der Waals surface area contributed by atoms with E-state index in [0.29, 0.717) is 18.3 Å². The molecule has 0 spiro atoms. The van der Waals surface area contributed by atoms with Gasteiger partial charge in [-0.1, -0.05) is 0 Å². The van der Waals surface area contributed by atoms with Gasteiger partial charge in [-0.2, -0.15) is 4.98 Å². The zero-order valence-corrected chi connectivity index (χ0v) is 43.3. The number of aromatic amines is 3. The molecule has 0 aromatic carbocycles. The van der Waals surface area contributed by atoms with Gasteiger partial charge in [0.1, 0.15) is 79.1 Å². The average molecular weight is 1220 g/mol. The number of phosphoric ester groups is 3. The number of H-pyrrole nitrogens is 3. The van der Waals surface area contributed by atoms with Crippen molar-refractivity contribution in [3.05, 3.63) is 122 Å². The van der Waals surface area contributed by atoms with E-state index in [1.54, 1.807) is 0 Å². The monoisotopic (exact) mass is 1220 g/mol. The van der Waals surface area contributed by atoms with Crippen molar-refractivity contribution in [2.45, 2.75) is 98.2 Å². The summed E-state index contributed by atoms with van der Waals surface area (Å²) in [6.07, 6.45) is -28.7. The third kappa shape index (κ3) is 13.7. The fourth-order valence-corrected chi connectivity index (χ4v) is 11.6. The number of nitrogens with one attached hydrogen (secondary N) is 3. The molecular formula is C36H45N9O31P4. The van der Waals surface area contributed by atoms with Gasteiger partial charge < -0.3 is 64.9 Å². The number of phosphoric acid groups is 3. The van der Waals surface area contributed by atoms with Crippen molar-refractivity contribution in [2.75, 3.05) is 32.2 Å². The number of hydrogen-bond donors (Lipinski definition) is 12. The van der Waals surface area contributed by atoms with Crippen molar-refractivity contribution in [2.24, 2.45) is 0 Å². The fraction of sp³-hybridized carbons (Fsp3) is 0.556. The van der Waals surface area contributed by atoms with Crippen molar-refractivity contribution in [1.29, 1.82) is 0 Å². The molecule has 80 heavy (non-hydrogen) atoms. The lowest BCUT2D eigenvalue weighted by atomic mass is 10.1. The third-order valence-electron chi connectivity index (χ3n) is 12.1. The number of nitrogen functional groups attached to an aromatic ring is 1. The first kappa shape index (κ1) is 60.6. The summed E-state index contributed by atoms with van der Waals surface area (Å²) in [4.78, 5) is 128. The van der Waals surface area contributed by atoms with Crippen molar-refractivity contribution in [3.63, 3.8) is 0 Å². The van der Waals surface area contributed by atoms with Gasteiger partial charge in [-0.15, -0.1) is 0 Å². The molecular weight excluding hydrogens is 1180 g/mol. The Morgan fingerprint density at radius 1 is 0.500 bits per heavy atom. The summed E-state index contributed by atoms with van der Waals surface area (Å²) >= 11 is 0. The average Bonchev–Trinajstić information content (AvgIpc) is 4.18. The smallest absolute Gasteiger partial charge is 0.387 e. The molecule has 4 saturated heterocycles. The first-order chi connectivity index (χ1) is 37.5. The van der Waals surface area contributed by atoms with Gasteiger partial charge in [0.15, 0.2) is 24.9 Å². The van der Waals surface area contributed by atoms with Gasteiger partial charge in [0, 0.05) is 43.0 Å². The van der Waals surface area contributed by atoms with Crippen LogP contribution in [-0.4, -0.2) is 178 Å². The van der Waals surface area contributed by atoms with Gasteiger partial charge in [-0.3, -0.25) is 79.3 Å². The molecule has 19 atom stereocenters. The second-order valence-electron chi connectivity index (χ2n) is 17.3. The summed E-state index contributed by atoms with van der Waals surface area (Å²) < 4.78 is 123. The number of aliphatic hydroxyl groups is 5. The number of ether oxygens (including phenoxy) is 4. The van der Waals surface area contributed by atoms with Crippen molar-refractivity contribution in [1.82, 2.24) is 38.2 Å². The van der Waals surface area contributed by atoms with Crippen LogP contribution in [0, 0.1) is 0 Å². The maximum absolute atomic E-state index is 13.8. The molecule has 0 amide bonds. The lowest BCUT2D eigenvalue weighted by Crippen LogP contribution is -2.39. The van der Waals surface area contributed by atoms with Crippen LogP contribution >= 0.6 is 31.4 Å². The summed E-state index contributed by atoms with van der Waals surface area (Å²) in [5.41, 5.74) is -1.76. The van der Waals surface area contributed by atoms with E-state index in [1.165, 1.54) is 0 Å². The highest BCUT2D eigenvalue weighted by Crippen LogP contribution is 2.53. The number of rotatable bonds is 22. The van der Waals surface area contributed by atoms with E-state index in [-0.39, 0.29) is 5.82 Å². The molecule has 8 heterocycles. The lowest BCUT2D eigenvalue weighted by molar-refractivity contribution is -0.0654. The molecule has 4 aromatic heterocycles. The molecule has 3 unspecified atom stereocenters. The summed E-state index contributed by atoms with van der Waals surface area (Å²) in [6.45, 7) is -4.79. The quantitative estimate of drug-likeness (QED) is 0.0326. The van der Waals surface area contributed by atoms with Gasteiger partial charge in [0.05, 0.1) is 26.4 Å². The Kier molecular flexibility index (Phi) is 18.3. The predicted molar refractivity (Wildman–Crippen MR) is 249 cm³/mol. The second kappa shape index (κ2) is 24.2. The van der Waals surface area contributed by atoms with E-state index < -0.39 is 195 Å². The molecule has 4 aromatic rings. The molecule has 0 aliphatic carbocycles.